The summed E-state index contributed by atoms with van der Waals surface area (Å²) in [7, 11) is 0. The van der Waals surface area contributed by atoms with Gasteiger partial charge in [-0.05, 0) is 23.3 Å². The summed E-state index contributed by atoms with van der Waals surface area (Å²) in [6.07, 6.45) is 3.73. The zero-order valence-electron chi connectivity index (χ0n) is 13.0. The van der Waals surface area contributed by atoms with Crippen molar-refractivity contribution in [1.29, 1.82) is 0 Å². The van der Waals surface area contributed by atoms with Crippen molar-refractivity contribution in [2.24, 2.45) is 0 Å². The molecule has 5 rings (SSSR count). The van der Waals surface area contributed by atoms with E-state index in [9.17, 15) is 0 Å². The SMILES string of the molecule is c1ccc(-c2cccc3c4ncccc4c4cccnc4c23)cc1. The second-order valence-corrected chi connectivity index (χ2v) is 5.89. The molecule has 112 valence electrons. The molecule has 5 aromatic rings. The van der Waals surface area contributed by atoms with Crippen molar-refractivity contribution < 1.29 is 0 Å². The number of pyridine rings is 2. The van der Waals surface area contributed by atoms with Crippen molar-refractivity contribution >= 4 is 32.6 Å². The van der Waals surface area contributed by atoms with Crippen LogP contribution in [0.15, 0.2) is 85.2 Å². The predicted molar refractivity (Wildman–Crippen MR) is 100.0 cm³/mol. The molecular formula is C22H14N2. The molecule has 0 aliphatic carbocycles. The van der Waals surface area contributed by atoms with Gasteiger partial charge in [0.15, 0.2) is 0 Å². The van der Waals surface area contributed by atoms with Crippen molar-refractivity contribution in [3.8, 4) is 11.1 Å². The highest BCUT2D eigenvalue weighted by molar-refractivity contribution is 6.26. The Kier molecular flexibility index (Phi) is 2.83. The van der Waals surface area contributed by atoms with Crippen molar-refractivity contribution in [2.75, 3.05) is 0 Å². The van der Waals surface area contributed by atoms with E-state index in [-0.39, 0.29) is 0 Å². The fourth-order valence-electron chi connectivity index (χ4n) is 3.52. The maximum atomic E-state index is 4.72. The maximum absolute atomic E-state index is 4.72. The van der Waals surface area contributed by atoms with Gasteiger partial charge in [-0.15, -0.1) is 0 Å². The number of benzene rings is 3. The van der Waals surface area contributed by atoms with Crippen LogP contribution >= 0.6 is 0 Å². The summed E-state index contributed by atoms with van der Waals surface area (Å²) in [5.41, 5.74) is 4.47. The summed E-state index contributed by atoms with van der Waals surface area (Å²) in [6, 6.07) is 25.1. The molecule has 24 heavy (non-hydrogen) atoms. The van der Waals surface area contributed by atoms with Gasteiger partial charge in [-0.25, -0.2) is 0 Å². The van der Waals surface area contributed by atoms with Gasteiger partial charge in [-0.1, -0.05) is 60.7 Å². The smallest absolute Gasteiger partial charge is 0.0794 e. The number of nitrogens with zero attached hydrogens (tertiary/aromatic N) is 2. The first-order valence-electron chi connectivity index (χ1n) is 8.03. The molecule has 0 spiro atoms. The zero-order valence-corrected chi connectivity index (χ0v) is 13.0. The average Bonchev–Trinajstić information content (AvgIpc) is 2.68. The molecule has 0 radical (unpaired) electrons. The molecule has 2 heterocycles. The molecule has 0 bridgehead atoms. The Morgan fingerprint density at radius 1 is 0.500 bits per heavy atom. The van der Waals surface area contributed by atoms with Crippen LogP contribution in [0.1, 0.15) is 0 Å². The van der Waals surface area contributed by atoms with E-state index in [1.165, 1.54) is 16.5 Å². The predicted octanol–water partition coefficient (Wildman–Crippen LogP) is 5.60. The summed E-state index contributed by atoms with van der Waals surface area (Å²) >= 11 is 0. The Hall–Kier alpha value is -3.26. The molecule has 2 heteroatoms. The first-order chi connectivity index (χ1) is 11.9. The third-order valence-electron chi connectivity index (χ3n) is 4.55. The van der Waals surface area contributed by atoms with Gasteiger partial charge in [0.2, 0.25) is 0 Å². The monoisotopic (exact) mass is 306 g/mol. The topological polar surface area (TPSA) is 25.8 Å². The summed E-state index contributed by atoms with van der Waals surface area (Å²) in [5.74, 6) is 0. The molecule has 0 unspecified atom stereocenters. The molecule has 0 fully saturated rings. The van der Waals surface area contributed by atoms with Gasteiger partial charge in [0, 0.05) is 33.9 Å². The van der Waals surface area contributed by atoms with Gasteiger partial charge < -0.3 is 0 Å². The van der Waals surface area contributed by atoms with Crippen LogP contribution in [0.3, 0.4) is 0 Å². The van der Waals surface area contributed by atoms with Gasteiger partial charge in [0.1, 0.15) is 0 Å². The highest BCUT2D eigenvalue weighted by Gasteiger charge is 2.13. The van der Waals surface area contributed by atoms with E-state index in [0.717, 1.165) is 27.2 Å². The van der Waals surface area contributed by atoms with Crippen LogP contribution in [0.5, 0.6) is 0 Å². The summed E-state index contributed by atoms with van der Waals surface area (Å²) < 4.78 is 0. The number of fused-ring (bicyclic) bond motifs is 6. The number of hydrogen-bond acceptors (Lipinski definition) is 2. The maximum Gasteiger partial charge on any atom is 0.0794 e. The van der Waals surface area contributed by atoms with Crippen LogP contribution in [0.4, 0.5) is 0 Å². The molecule has 2 aromatic heterocycles. The minimum Gasteiger partial charge on any atom is -0.256 e. The standard InChI is InChI=1S/C22H14N2/c1-2-7-15(8-3-1)16-9-4-10-19-20(16)22-18(12-6-14-24-22)17-11-5-13-23-21(17)19/h1-14H. The Bertz CT molecular complexity index is 1150. The molecule has 0 N–H and O–H groups in total. The van der Waals surface area contributed by atoms with Crippen LogP contribution in [-0.2, 0) is 0 Å². The Morgan fingerprint density at radius 3 is 1.96 bits per heavy atom. The molecule has 0 amide bonds. The summed E-state index contributed by atoms with van der Waals surface area (Å²) in [5, 5.41) is 4.62. The zero-order chi connectivity index (χ0) is 15.9. The van der Waals surface area contributed by atoms with E-state index in [1.807, 2.05) is 30.6 Å². The van der Waals surface area contributed by atoms with Crippen molar-refractivity contribution in [2.45, 2.75) is 0 Å². The Balaban J connectivity index is 2.09. The molecular weight excluding hydrogens is 292 g/mol. The first kappa shape index (κ1) is 13.2. The van der Waals surface area contributed by atoms with Crippen LogP contribution < -0.4 is 0 Å². The number of hydrogen-bond donors (Lipinski definition) is 0. The van der Waals surface area contributed by atoms with E-state index >= 15 is 0 Å². The molecule has 0 saturated carbocycles. The van der Waals surface area contributed by atoms with Crippen molar-refractivity contribution in [1.82, 2.24) is 9.97 Å². The van der Waals surface area contributed by atoms with Gasteiger partial charge in [-0.2, -0.15) is 0 Å². The van der Waals surface area contributed by atoms with Crippen LogP contribution in [0.25, 0.3) is 43.7 Å². The Labute approximate surface area is 139 Å². The highest BCUT2D eigenvalue weighted by Crippen LogP contribution is 2.38. The van der Waals surface area contributed by atoms with E-state index in [0.29, 0.717) is 0 Å². The fourth-order valence-corrected chi connectivity index (χ4v) is 3.52. The minimum atomic E-state index is 1.03. The van der Waals surface area contributed by atoms with Gasteiger partial charge in [0.25, 0.3) is 0 Å². The quantitative estimate of drug-likeness (QED) is 0.376. The van der Waals surface area contributed by atoms with Gasteiger partial charge >= 0.3 is 0 Å². The third-order valence-corrected chi connectivity index (χ3v) is 4.55. The van der Waals surface area contributed by atoms with Crippen LogP contribution in [0.2, 0.25) is 0 Å². The molecule has 0 aliphatic rings. The summed E-state index contributed by atoms with van der Waals surface area (Å²) in [6.45, 7) is 0. The number of aromatic nitrogens is 2. The fraction of sp³-hybridized carbons (Fsp3) is 0. The van der Waals surface area contributed by atoms with Crippen molar-refractivity contribution in [3.63, 3.8) is 0 Å². The average molecular weight is 306 g/mol. The molecule has 0 saturated heterocycles. The normalized spacial score (nSPS) is 11.3. The molecule has 3 aromatic carbocycles. The van der Waals surface area contributed by atoms with E-state index in [2.05, 4.69) is 59.6 Å². The molecule has 0 atom stereocenters. The van der Waals surface area contributed by atoms with Gasteiger partial charge in [0.05, 0.1) is 11.0 Å². The highest BCUT2D eigenvalue weighted by atomic mass is 14.7. The van der Waals surface area contributed by atoms with Gasteiger partial charge in [-0.3, -0.25) is 9.97 Å². The molecule has 0 aliphatic heterocycles. The second-order valence-electron chi connectivity index (χ2n) is 5.89. The Morgan fingerprint density at radius 2 is 1.17 bits per heavy atom. The lowest BCUT2D eigenvalue weighted by atomic mass is 9.93. The molecule has 2 nitrogen and oxygen atoms in total. The van der Waals surface area contributed by atoms with Crippen LogP contribution in [0, 0.1) is 0 Å². The lowest BCUT2D eigenvalue weighted by Gasteiger charge is -2.12. The minimum absolute atomic E-state index is 1.03. The van der Waals surface area contributed by atoms with Crippen molar-refractivity contribution in [3.05, 3.63) is 85.2 Å². The van der Waals surface area contributed by atoms with E-state index in [1.54, 1.807) is 0 Å². The van der Waals surface area contributed by atoms with E-state index in [4.69, 9.17) is 4.98 Å². The number of rotatable bonds is 1. The van der Waals surface area contributed by atoms with Crippen LogP contribution in [-0.4, -0.2) is 9.97 Å². The van der Waals surface area contributed by atoms with E-state index < -0.39 is 0 Å². The lowest BCUT2D eigenvalue weighted by Crippen LogP contribution is -1.90. The first-order valence-corrected chi connectivity index (χ1v) is 8.03. The second kappa shape index (κ2) is 5.14. The third kappa shape index (κ3) is 1.83. The summed E-state index contributed by atoms with van der Waals surface area (Å²) in [4.78, 5) is 9.38. The lowest BCUT2D eigenvalue weighted by molar-refractivity contribution is 1.41. The largest absolute Gasteiger partial charge is 0.256 e.